The number of carbonyl (C=O) groups is 2. The summed E-state index contributed by atoms with van der Waals surface area (Å²) in [6, 6.07) is 8.16. The van der Waals surface area contributed by atoms with Gasteiger partial charge in [-0.2, -0.15) is 0 Å². The summed E-state index contributed by atoms with van der Waals surface area (Å²) in [6.07, 6.45) is 6.22. The van der Waals surface area contributed by atoms with Crippen molar-refractivity contribution in [2.45, 2.75) is 38.0 Å². The lowest BCUT2D eigenvalue weighted by molar-refractivity contribution is -0.121. The van der Waals surface area contributed by atoms with Crippen LogP contribution in [-0.4, -0.2) is 42.0 Å². The maximum atomic E-state index is 13.0. The molecule has 3 N–H and O–H groups in total. The average molecular weight is 409 g/mol. The minimum Gasteiger partial charge on any atom is -0.475 e. The molecule has 2 aromatic rings. The van der Waals surface area contributed by atoms with Crippen LogP contribution in [0.1, 0.15) is 53.9 Å². The highest BCUT2D eigenvalue weighted by Crippen LogP contribution is 2.38. The van der Waals surface area contributed by atoms with Crippen LogP contribution < -0.4 is 20.7 Å². The van der Waals surface area contributed by atoms with Gasteiger partial charge in [-0.05, 0) is 55.2 Å². The van der Waals surface area contributed by atoms with Gasteiger partial charge in [-0.3, -0.25) is 9.59 Å². The number of ether oxygens (including phenoxy) is 1. The van der Waals surface area contributed by atoms with E-state index in [1.807, 2.05) is 12.1 Å². The van der Waals surface area contributed by atoms with E-state index in [0.29, 0.717) is 31.4 Å². The number of benzene rings is 1. The first kappa shape index (κ1) is 20.1. The van der Waals surface area contributed by atoms with E-state index in [1.165, 1.54) is 11.9 Å². The van der Waals surface area contributed by atoms with Crippen molar-refractivity contribution >= 4 is 23.3 Å². The first-order valence-electron chi connectivity index (χ1n) is 10.4. The Hall–Kier alpha value is -3.16. The lowest BCUT2D eigenvalue weighted by Gasteiger charge is -2.29. The number of aromatic nitrogens is 2. The molecule has 2 heterocycles. The maximum absolute atomic E-state index is 13.0. The molecule has 30 heavy (non-hydrogen) atoms. The van der Waals surface area contributed by atoms with Gasteiger partial charge in [0.1, 0.15) is 24.3 Å². The molecule has 0 bridgehead atoms. The maximum Gasteiger partial charge on any atom is 0.267 e. The predicted octanol–water partition coefficient (Wildman–Crippen LogP) is 2.51. The second kappa shape index (κ2) is 8.69. The second-order valence-corrected chi connectivity index (χ2v) is 7.93. The molecule has 0 saturated heterocycles. The quantitative estimate of drug-likeness (QED) is 0.803. The van der Waals surface area contributed by atoms with Crippen molar-refractivity contribution in [1.82, 2.24) is 15.3 Å². The highest BCUT2D eigenvalue weighted by molar-refractivity contribution is 6.10. The Morgan fingerprint density at radius 2 is 1.93 bits per heavy atom. The Balaban J connectivity index is 1.45. The van der Waals surface area contributed by atoms with Gasteiger partial charge in [0.25, 0.3) is 5.91 Å². The van der Waals surface area contributed by atoms with Crippen LogP contribution in [0.5, 0.6) is 5.88 Å². The molecule has 8 nitrogen and oxygen atoms in total. The molecule has 1 aliphatic heterocycles. The smallest absolute Gasteiger partial charge is 0.267 e. The van der Waals surface area contributed by atoms with Crippen molar-refractivity contribution in [3.8, 4) is 5.88 Å². The Morgan fingerprint density at radius 3 is 2.63 bits per heavy atom. The third-order valence-corrected chi connectivity index (χ3v) is 6.13. The monoisotopic (exact) mass is 409 g/mol. The third kappa shape index (κ3) is 4.08. The molecule has 0 atom stereocenters. The van der Waals surface area contributed by atoms with Crippen LogP contribution in [0.3, 0.4) is 0 Å². The van der Waals surface area contributed by atoms with Gasteiger partial charge in [-0.25, -0.2) is 9.97 Å². The number of nitrogen functional groups attached to an aromatic ring is 1. The van der Waals surface area contributed by atoms with Crippen LogP contribution in [0.4, 0.5) is 11.5 Å². The van der Waals surface area contributed by atoms with Crippen molar-refractivity contribution < 1.29 is 14.3 Å². The number of amides is 2. The third-order valence-electron chi connectivity index (χ3n) is 6.13. The zero-order valence-corrected chi connectivity index (χ0v) is 17.1. The van der Waals surface area contributed by atoms with Crippen molar-refractivity contribution in [2.75, 3.05) is 30.8 Å². The fourth-order valence-electron chi connectivity index (χ4n) is 4.40. The summed E-state index contributed by atoms with van der Waals surface area (Å²) < 4.78 is 5.59. The van der Waals surface area contributed by atoms with E-state index < -0.39 is 0 Å². The summed E-state index contributed by atoms with van der Waals surface area (Å²) in [5, 5.41) is 2.71. The van der Waals surface area contributed by atoms with Gasteiger partial charge in [0, 0.05) is 19.2 Å². The van der Waals surface area contributed by atoms with Gasteiger partial charge in [-0.1, -0.05) is 12.1 Å². The summed E-state index contributed by atoms with van der Waals surface area (Å²) in [5.41, 5.74) is 8.21. The van der Waals surface area contributed by atoms with Crippen LogP contribution in [0, 0.1) is 5.92 Å². The fraction of sp³-hybridized carbons (Fsp3) is 0.455. The summed E-state index contributed by atoms with van der Waals surface area (Å²) >= 11 is 0. The van der Waals surface area contributed by atoms with Crippen LogP contribution in [0.15, 0.2) is 30.6 Å². The van der Waals surface area contributed by atoms with Gasteiger partial charge in [0.2, 0.25) is 11.8 Å². The summed E-state index contributed by atoms with van der Waals surface area (Å²) in [6.45, 7) is 0.755. The molecular weight excluding hydrogens is 382 g/mol. The van der Waals surface area contributed by atoms with Crippen molar-refractivity contribution in [2.24, 2.45) is 5.92 Å². The van der Waals surface area contributed by atoms with Gasteiger partial charge >= 0.3 is 0 Å². The number of nitrogens with two attached hydrogens (primary N) is 1. The molecule has 0 spiro atoms. The molecule has 1 fully saturated rings. The zero-order chi connectivity index (χ0) is 21.1. The number of carbonyl (C=O) groups excluding carboxylic acids is 2. The molecule has 4 rings (SSSR count). The van der Waals surface area contributed by atoms with Crippen molar-refractivity contribution in [3.63, 3.8) is 0 Å². The van der Waals surface area contributed by atoms with Crippen molar-refractivity contribution in [1.29, 1.82) is 0 Å². The van der Waals surface area contributed by atoms with E-state index in [0.717, 1.165) is 31.4 Å². The highest BCUT2D eigenvalue weighted by atomic mass is 16.5. The lowest BCUT2D eigenvalue weighted by atomic mass is 9.77. The Bertz CT molecular complexity index is 923. The number of nitrogens with zero attached hydrogens (tertiary/aromatic N) is 3. The Kier molecular flexibility index (Phi) is 5.83. The molecule has 1 saturated carbocycles. The minimum absolute atomic E-state index is 0.126. The summed E-state index contributed by atoms with van der Waals surface area (Å²) in [4.78, 5) is 34.3. The number of fused-ring (bicyclic) bond motifs is 1. The van der Waals surface area contributed by atoms with Crippen LogP contribution >= 0.6 is 0 Å². The van der Waals surface area contributed by atoms with E-state index in [4.69, 9.17) is 10.5 Å². The number of nitrogens with one attached hydrogen (secondary N) is 1. The highest BCUT2D eigenvalue weighted by Gasteiger charge is 2.29. The SMILES string of the molecule is CNC(=O)CC1CCC(c2ccc(N3CCOc4ncnc(N)c4C3=O)cc2)CC1. The fourth-order valence-corrected chi connectivity index (χ4v) is 4.40. The molecule has 1 aromatic carbocycles. The first-order chi connectivity index (χ1) is 14.6. The summed E-state index contributed by atoms with van der Waals surface area (Å²) in [5.74, 6) is 1.21. The van der Waals surface area contributed by atoms with Crippen LogP contribution in [-0.2, 0) is 4.79 Å². The number of hydrogen-bond acceptors (Lipinski definition) is 6. The number of rotatable bonds is 4. The first-order valence-corrected chi connectivity index (χ1v) is 10.4. The lowest BCUT2D eigenvalue weighted by Crippen LogP contribution is -2.32. The molecule has 1 aromatic heterocycles. The molecular formula is C22H27N5O3. The molecule has 1 aliphatic carbocycles. The van der Waals surface area contributed by atoms with Crippen molar-refractivity contribution in [3.05, 3.63) is 41.7 Å². The molecule has 0 unspecified atom stereocenters. The van der Waals surface area contributed by atoms with E-state index in [9.17, 15) is 9.59 Å². The van der Waals surface area contributed by atoms with E-state index in [1.54, 1.807) is 11.9 Å². The van der Waals surface area contributed by atoms with Crippen LogP contribution in [0.25, 0.3) is 0 Å². The van der Waals surface area contributed by atoms with E-state index >= 15 is 0 Å². The van der Waals surface area contributed by atoms with E-state index in [2.05, 4.69) is 27.4 Å². The average Bonchev–Trinajstić information content (AvgIpc) is 2.94. The zero-order valence-electron chi connectivity index (χ0n) is 17.1. The molecule has 2 amide bonds. The normalized spacial score (nSPS) is 21.4. The van der Waals surface area contributed by atoms with Gasteiger partial charge in [0.15, 0.2) is 0 Å². The molecule has 8 heteroatoms. The predicted molar refractivity (Wildman–Crippen MR) is 113 cm³/mol. The number of anilines is 2. The molecule has 2 aliphatic rings. The second-order valence-electron chi connectivity index (χ2n) is 7.93. The molecule has 0 radical (unpaired) electrons. The largest absolute Gasteiger partial charge is 0.475 e. The minimum atomic E-state index is -0.247. The van der Waals surface area contributed by atoms with Crippen LogP contribution in [0.2, 0.25) is 0 Å². The Morgan fingerprint density at radius 1 is 1.20 bits per heavy atom. The van der Waals surface area contributed by atoms with Gasteiger partial charge < -0.3 is 20.7 Å². The molecule has 158 valence electrons. The van der Waals surface area contributed by atoms with E-state index in [-0.39, 0.29) is 29.1 Å². The van der Waals surface area contributed by atoms with Gasteiger partial charge in [-0.15, -0.1) is 0 Å². The Labute approximate surface area is 175 Å². The number of hydrogen-bond donors (Lipinski definition) is 2. The standard InChI is InChI=1S/C22H27N5O3/c1-24-18(28)12-14-2-4-15(5-3-14)16-6-8-17(9-7-16)27-10-11-30-21-19(22(27)29)20(23)25-13-26-21/h6-9,13-15H,2-5,10-12H2,1H3,(H,24,28)(H2,23,25,26). The topological polar surface area (TPSA) is 110 Å². The van der Waals surface area contributed by atoms with Gasteiger partial charge in [0.05, 0.1) is 6.54 Å². The summed E-state index contributed by atoms with van der Waals surface area (Å²) in [7, 11) is 1.69.